The number of esters is 2. The van der Waals surface area contributed by atoms with Gasteiger partial charge in [-0.25, -0.2) is 19.6 Å². The van der Waals surface area contributed by atoms with Crippen LogP contribution in [0.25, 0.3) is 44.6 Å². The van der Waals surface area contributed by atoms with Crippen LogP contribution in [0.3, 0.4) is 0 Å². The fraction of sp³-hybridized carbons (Fsp3) is 0.571. The smallest absolute Gasteiger partial charge is 0.838 e. The molecule has 3 fully saturated rings. The van der Waals surface area contributed by atoms with Crippen LogP contribution in [-0.2, 0) is 110 Å². The van der Waals surface area contributed by atoms with Gasteiger partial charge in [-0.05, 0) is 135 Å². The van der Waals surface area contributed by atoms with Gasteiger partial charge in [0, 0.05) is 122 Å². The number of carboxylic acid groups (broad SMARTS) is 2. The largest absolute Gasteiger partial charge is 4.00 e. The zero-order chi connectivity index (χ0) is 80.0. The van der Waals surface area contributed by atoms with Gasteiger partial charge in [0.25, 0.3) is 23.1 Å². The predicted octanol–water partition coefficient (Wildman–Crippen LogP) is 6.82. The van der Waals surface area contributed by atoms with Gasteiger partial charge in [0.15, 0.2) is 0 Å². The second-order valence-electron chi connectivity index (χ2n) is 30.5. The van der Waals surface area contributed by atoms with Gasteiger partial charge in [-0.1, -0.05) is 130 Å². The predicted molar refractivity (Wildman–Crippen MR) is 408 cm³/mol. The molecule has 7 aliphatic rings. The third-order valence-corrected chi connectivity index (χ3v) is 23.3. The molecule has 4 atom stereocenters. The Bertz CT molecular complexity index is 4340. The molecule has 10 heterocycles. The molecule has 4 N–H and O–H groups in total. The van der Waals surface area contributed by atoms with E-state index in [9.17, 15) is 68.4 Å². The Hall–Kier alpha value is -8.95. The molecule has 28 nitrogen and oxygen atoms in total. The van der Waals surface area contributed by atoms with Crippen molar-refractivity contribution in [1.82, 2.24) is 38.7 Å². The van der Waals surface area contributed by atoms with Crippen molar-refractivity contribution in [3.05, 3.63) is 114 Å². The summed E-state index contributed by atoms with van der Waals surface area (Å²) in [5.41, 5.74) is 14.1. The monoisotopic (exact) mass is 1740 g/mol. The van der Waals surface area contributed by atoms with Gasteiger partial charge in [-0.2, -0.15) is 0 Å². The number of nitrogens with zero attached hydrogens (tertiary/aromatic N) is 8. The molecular formula is C84H106N10O18Pt. The Kier molecular flexibility index (Phi) is 30.1. The van der Waals surface area contributed by atoms with Crippen molar-refractivity contribution in [1.29, 1.82) is 0 Å². The summed E-state index contributed by atoms with van der Waals surface area (Å²) in [4.78, 5) is 142. The second-order valence-corrected chi connectivity index (χ2v) is 30.5. The number of amides is 4. The molecule has 2 aromatic carbocycles. The van der Waals surface area contributed by atoms with E-state index in [1.165, 1.54) is 12.8 Å². The number of carboxylic acids is 2. The first-order valence-corrected chi connectivity index (χ1v) is 40.5. The number of hydrogen-bond donors (Lipinski definition) is 2. The quantitative estimate of drug-likeness (QED) is 0.0375. The van der Waals surface area contributed by atoms with Gasteiger partial charge < -0.3 is 89.2 Å². The van der Waals surface area contributed by atoms with Crippen molar-refractivity contribution in [2.75, 3.05) is 52.4 Å². The Balaban J connectivity index is 0.000000216. The Morgan fingerprint density at radius 3 is 1.12 bits per heavy atom. The van der Waals surface area contributed by atoms with Crippen molar-refractivity contribution in [2.45, 2.75) is 257 Å². The van der Waals surface area contributed by atoms with Crippen molar-refractivity contribution in [3.63, 3.8) is 0 Å². The standard InChI is InChI=1S/2C39H47N4O9.C6H14N2.Pt/c2*1-3-26-27-21-25(52-38(49)42-19-17-41(18-20-42)33(44)13-11-9-7-5-6-8-10-12-14-34(45)46)15-16-31(27)40-35-28(26)23-43-32(35)22-30-29(36(43)47)24-51-37(48)39(30,50)4-2;7-5-3-1-2-4-6(5)8;/h2*15-16,21-22H,3-14,17-20,23-24H2,1-2H3,(H,45,46);5-6H,1-4,7-8H2;/q2*-1;;+4/p-2/t2*39-;5-,6-;/m001./s1. The minimum absolute atomic E-state index is 0. The summed E-state index contributed by atoms with van der Waals surface area (Å²) in [6.07, 6.45) is 21.4. The number of rotatable bonds is 28. The average Bonchev–Trinajstić information content (AvgIpc) is 1.62. The van der Waals surface area contributed by atoms with E-state index >= 15 is 0 Å². The van der Waals surface area contributed by atoms with E-state index in [0.29, 0.717) is 136 Å². The number of ether oxygens (including phenoxy) is 4. The fourth-order valence-electron chi connectivity index (χ4n) is 16.5. The molecule has 4 aromatic heterocycles. The summed E-state index contributed by atoms with van der Waals surface area (Å²) in [6.45, 7) is 10.6. The van der Waals surface area contributed by atoms with E-state index in [0.717, 1.165) is 136 Å². The molecule has 1 aliphatic carbocycles. The molecule has 29 heteroatoms. The van der Waals surface area contributed by atoms with Crippen LogP contribution in [0.15, 0.2) is 58.1 Å². The van der Waals surface area contributed by atoms with Crippen LogP contribution in [-0.4, -0.2) is 151 Å². The van der Waals surface area contributed by atoms with Crippen molar-refractivity contribution in [3.8, 4) is 34.3 Å². The molecular weight excluding hydrogens is 1630 g/mol. The number of carbonyl (C=O) groups is 8. The average molecular weight is 1740 g/mol. The Morgan fingerprint density at radius 1 is 0.469 bits per heavy atom. The first-order chi connectivity index (χ1) is 53.9. The summed E-state index contributed by atoms with van der Waals surface area (Å²) in [7, 11) is 0. The molecule has 6 aromatic rings. The molecule has 610 valence electrons. The summed E-state index contributed by atoms with van der Waals surface area (Å²) in [6, 6.07) is 14.3. The number of pyridine rings is 4. The topological polar surface area (TPSA) is 400 Å². The number of aryl methyl sites for hydroxylation is 2. The molecule has 4 amide bonds. The Morgan fingerprint density at radius 2 is 0.796 bits per heavy atom. The zero-order valence-electron chi connectivity index (χ0n) is 65.5. The third-order valence-electron chi connectivity index (χ3n) is 23.3. The molecule has 0 unspecified atom stereocenters. The van der Waals surface area contributed by atoms with Crippen molar-refractivity contribution in [2.24, 2.45) is 11.5 Å². The van der Waals surface area contributed by atoms with E-state index in [1.807, 2.05) is 13.8 Å². The van der Waals surface area contributed by atoms with Crippen molar-refractivity contribution < 1.29 is 98.8 Å². The van der Waals surface area contributed by atoms with Gasteiger partial charge in [-0.15, -0.1) is 0 Å². The van der Waals surface area contributed by atoms with Crippen LogP contribution in [0.5, 0.6) is 11.5 Å². The molecule has 2 saturated heterocycles. The number of carbonyl (C=O) groups excluding carboxylic acids is 8. The number of hydrogen-bond acceptors (Lipinski definition) is 22. The molecule has 0 bridgehead atoms. The maximum absolute atomic E-state index is 13.6. The van der Waals surface area contributed by atoms with E-state index < -0.39 is 47.3 Å². The number of cyclic esters (lactones) is 2. The maximum atomic E-state index is 13.6. The molecule has 0 spiro atoms. The second kappa shape index (κ2) is 39.4. The summed E-state index contributed by atoms with van der Waals surface area (Å²) >= 11 is 0. The van der Waals surface area contributed by atoms with Crippen LogP contribution in [0.1, 0.15) is 239 Å². The molecule has 1 saturated carbocycles. The molecule has 6 aliphatic heterocycles. The third kappa shape index (κ3) is 19.9. The van der Waals surface area contributed by atoms with E-state index in [2.05, 4.69) is 0 Å². The fourth-order valence-corrected chi connectivity index (χ4v) is 16.5. The van der Waals surface area contributed by atoms with Crippen LogP contribution in [0, 0.1) is 0 Å². The minimum Gasteiger partial charge on any atom is -0.838 e. The summed E-state index contributed by atoms with van der Waals surface area (Å²) in [5, 5.41) is 49.6. The number of unbranched alkanes of at least 4 members (excludes halogenated alkanes) is 14. The number of nitrogens with two attached hydrogens (primary N) is 2. The maximum Gasteiger partial charge on any atom is 4.00 e. The van der Waals surface area contributed by atoms with Gasteiger partial charge in [-0.3, -0.25) is 28.8 Å². The number of aromatic nitrogens is 4. The van der Waals surface area contributed by atoms with Crippen LogP contribution >= 0.6 is 0 Å². The van der Waals surface area contributed by atoms with Crippen LogP contribution in [0.2, 0.25) is 0 Å². The number of fused-ring (bicyclic) bond motifs is 10. The first kappa shape index (κ1) is 86.5. The van der Waals surface area contributed by atoms with E-state index in [4.69, 9.17) is 40.4 Å². The molecule has 113 heavy (non-hydrogen) atoms. The first-order valence-electron chi connectivity index (χ1n) is 40.5. The Labute approximate surface area is 672 Å². The van der Waals surface area contributed by atoms with Crippen LogP contribution in [0.4, 0.5) is 9.59 Å². The van der Waals surface area contributed by atoms with Crippen LogP contribution < -0.4 is 52.5 Å². The molecule has 0 radical (unpaired) electrons. The van der Waals surface area contributed by atoms with Crippen molar-refractivity contribution >= 4 is 69.7 Å². The normalized spacial score (nSPS) is 19.2. The molecule has 13 rings (SSSR count). The van der Waals surface area contributed by atoms with Gasteiger partial charge in [0.2, 0.25) is 11.8 Å². The number of piperazine rings is 2. The van der Waals surface area contributed by atoms with E-state index in [1.54, 1.807) is 91.1 Å². The minimum atomic E-state index is -2.15. The number of benzene rings is 2. The van der Waals surface area contributed by atoms with E-state index in [-0.39, 0.29) is 130 Å². The summed E-state index contributed by atoms with van der Waals surface area (Å²) < 4.78 is 25.0. The van der Waals surface area contributed by atoms with Gasteiger partial charge in [0.05, 0.1) is 58.0 Å². The SMILES string of the molecule is CCc1c2c(nc3ccc(OC(=O)N4CCN(C(=O)CCCCCCCCCCC(=O)[O-])CC4)cc13)-c1cc3c(c(=O)n1C2)COC(=O)[C@]3([O-])CC.CCc1c2c(nc3ccc(OC(=O)N4CCN(C(=O)CCCCCCCCCCC(=O)[O-])CC4)cc13)-c1cc3c(c(=O)n1C2)COC(=O)[C@]3([O-])CC.N[C@@H]1CCCC[C@H]1N.[Pt+4]. The van der Waals surface area contributed by atoms with Gasteiger partial charge >= 0.3 is 33.3 Å². The van der Waals surface area contributed by atoms with Gasteiger partial charge in [0.1, 0.15) is 24.7 Å². The zero-order valence-corrected chi connectivity index (χ0v) is 67.7. The summed E-state index contributed by atoms with van der Waals surface area (Å²) in [5.74, 6) is -2.80. The number of aliphatic carboxylic acids is 2.